The maximum Gasteiger partial charge on any atom is 0.252 e. The first kappa shape index (κ1) is 18.3. The number of carbonyl (C=O) groups excluding carboxylic acids is 1. The summed E-state index contributed by atoms with van der Waals surface area (Å²) in [6.45, 7) is 1.86. The van der Waals surface area contributed by atoms with E-state index < -0.39 is 5.92 Å². The van der Waals surface area contributed by atoms with Gasteiger partial charge in [0.1, 0.15) is 0 Å². The number of hydrogen-bond donors (Lipinski definition) is 1. The van der Waals surface area contributed by atoms with E-state index in [1.165, 1.54) is 0 Å². The van der Waals surface area contributed by atoms with E-state index in [9.17, 15) is 4.79 Å². The number of allylic oxidation sites excluding steroid dienone is 1. The Morgan fingerprint density at radius 2 is 1.30 bits per heavy atom. The fraction of sp³-hybridized carbons (Fsp3) is 0.0833. The number of nitrogens with one attached hydrogen (secondary N) is 1. The molecule has 0 saturated heterocycles. The van der Waals surface area contributed by atoms with E-state index in [0.717, 1.165) is 22.4 Å². The van der Waals surface area contributed by atoms with Gasteiger partial charge in [-0.1, -0.05) is 97.1 Å². The lowest BCUT2D eigenvalue weighted by Crippen LogP contribution is -2.26. The second-order valence-electron chi connectivity index (χ2n) is 6.23. The van der Waals surface area contributed by atoms with Crippen molar-refractivity contribution in [2.45, 2.75) is 12.8 Å². The molecule has 1 N–H and O–H groups in total. The minimum atomic E-state index is -0.401. The third kappa shape index (κ3) is 5.25. The van der Waals surface area contributed by atoms with Gasteiger partial charge >= 0.3 is 0 Å². The second-order valence-corrected chi connectivity index (χ2v) is 6.23. The summed E-state index contributed by atoms with van der Waals surface area (Å²) in [4.78, 5) is 12.9. The van der Waals surface area contributed by atoms with Gasteiger partial charge in [-0.15, -0.1) is 0 Å². The Morgan fingerprint density at radius 3 is 1.81 bits per heavy atom. The quantitative estimate of drug-likeness (QED) is 0.490. The highest BCUT2D eigenvalue weighted by Crippen LogP contribution is 2.24. The van der Waals surface area contributed by atoms with Gasteiger partial charge < -0.3 is 0 Å². The van der Waals surface area contributed by atoms with Gasteiger partial charge in [-0.05, 0) is 29.7 Å². The highest BCUT2D eigenvalue weighted by Gasteiger charge is 2.22. The number of rotatable bonds is 6. The van der Waals surface area contributed by atoms with Crippen LogP contribution >= 0.6 is 0 Å². The molecule has 0 bridgehead atoms. The molecule has 0 heterocycles. The van der Waals surface area contributed by atoms with E-state index >= 15 is 0 Å². The normalized spacial score (nSPS) is 11.7. The van der Waals surface area contributed by atoms with Crippen LogP contribution in [0.1, 0.15) is 29.5 Å². The lowest BCUT2D eigenvalue weighted by Gasteiger charge is -2.16. The average Bonchev–Trinajstić information content (AvgIpc) is 2.73. The molecule has 0 unspecified atom stereocenters. The molecule has 0 radical (unpaired) electrons. The summed E-state index contributed by atoms with van der Waals surface area (Å²) < 4.78 is 0. The van der Waals surface area contributed by atoms with Crippen LogP contribution in [0.15, 0.2) is 102 Å². The average molecular weight is 354 g/mol. The van der Waals surface area contributed by atoms with Gasteiger partial charge in [0.25, 0.3) is 5.91 Å². The zero-order valence-corrected chi connectivity index (χ0v) is 15.2. The number of hydrogen-bond acceptors (Lipinski definition) is 2. The van der Waals surface area contributed by atoms with E-state index in [0.29, 0.717) is 0 Å². The Morgan fingerprint density at radius 1 is 0.815 bits per heavy atom. The van der Waals surface area contributed by atoms with Crippen LogP contribution in [-0.4, -0.2) is 11.6 Å². The minimum Gasteiger partial charge on any atom is -0.272 e. The van der Waals surface area contributed by atoms with Crippen molar-refractivity contribution in [3.8, 4) is 0 Å². The predicted octanol–water partition coefficient (Wildman–Crippen LogP) is 5.02. The summed E-state index contributed by atoms with van der Waals surface area (Å²) in [6.07, 6.45) is 3.85. The van der Waals surface area contributed by atoms with Gasteiger partial charge in [-0.25, -0.2) is 5.43 Å². The molecule has 3 nitrogen and oxygen atoms in total. The molecule has 0 spiro atoms. The topological polar surface area (TPSA) is 41.5 Å². The van der Waals surface area contributed by atoms with Crippen molar-refractivity contribution < 1.29 is 4.79 Å². The van der Waals surface area contributed by atoms with Crippen LogP contribution in [0.5, 0.6) is 0 Å². The molecule has 0 fully saturated rings. The minimum absolute atomic E-state index is 0.153. The fourth-order valence-electron chi connectivity index (χ4n) is 2.81. The zero-order valence-electron chi connectivity index (χ0n) is 15.2. The van der Waals surface area contributed by atoms with E-state index in [2.05, 4.69) is 10.5 Å². The van der Waals surface area contributed by atoms with Gasteiger partial charge in [0.2, 0.25) is 0 Å². The summed E-state index contributed by atoms with van der Waals surface area (Å²) in [5.74, 6) is -0.554. The maximum atomic E-state index is 12.9. The van der Waals surface area contributed by atoms with Crippen LogP contribution in [0.2, 0.25) is 0 Å². The maximum absolute atomic E-state index is 12.9. The Bertz CT molecular complexity index is 877. The van der Waals surface area contributed by atoms with Crippen LogP contribution in [0.25, 0.3) is 6.08 Å². The van der Waals surface area contributed by atoms with Crippen molar-refractivity contribution in [1.82, 2.24) is 5.43 Å². The molecule has 0 saturated carbocycles. The van der Waals surface area contributed by atoms with Gasteiger partial charge in [0.15, 0.2) is 0 Å². The van der Waals surface area contributed by atoms with Gasteiger partial charge in [-0.3, -0.25) is 4.79 Å². The molecule has 0 aliphatic carbocycles. The molecule has 27 heavy (non-hydrogen) atoms. The molecular formula is C24H22N2O. The lowest BCUT2D eigenvalue weighted by molar-refractivity contribution is -0.121. The zero-order chi connectivity index (χ0) is 18.9. The first-order valence-corrected chi connectivity index (χ1v) is 8.91. The smallest absolute Gasteiger partial charge is 0.252 e. The fourth-order valence-corrected chi connectivity index (χ4v) is 2.81. The summed E-state index contributed by atoms with van der Waals surface area (Å²) in [5, 5.41) is 4.24. The Kier molecular flexibility index (Phi) is 6.31. The summed E-state index contributed by atoms with van der Waals surface area (Å²) in [6, 6.07) is 29.5. The monoisotopic (exact) mass is 354 g/mol. The van der Waals surface area contributed by atoms with Crippen LogP contribution in [-0.2, 0) is 4.79 Å². The second kappa shape index (κ2) is 9.30. The molecule has 0 atom stereocenters. The van der Waals surface area contributed by atoms with Gasteiger partial charge in [0.05, 0.1) is 11.6 Å². The molecule has 3 rings (SSSR count). The van der Waals surface area contributed by atoms with Crippen LogP contribution in [0, 0.1) is 0 Å². The van der Waals surface area contributed by atoms with Crippen molar-refractivity contribution in [3.63, 3.8) is 0 Å². The van der Waals surface area contributed by atoms with E-state index in [1.54, 1.807) is 0 Å². The van der Waals surface area contributed by atoms with Crippen LogP contribution < -0.4 is 5.43 Å². The lowest BCUT2D eigenvalue weighted by atomic mass is 9.91. The van der Waals surface area contributed by atoms with E-state index in [4.69, 9.17) is 0 Å². The Balaban J connectivity index is 1.76. The molecule has 1 amide bonds. The predicted molar refractivity (Wildman–Crippen MR) is 111 cm³/mol. The molecule has 0 aliphatic heterocycles. The highest BCUT2D eigenvalue weighted by molar-refractivity contribution is 5.97. The third-order valence-corrected chi connectivity index (χ3v) is 4.19. The van der Waals surface area contributed by atoms with Gasteiger partial charge in [0, 0.05) is 0 Å². The molecule has 3 aromatic carbocycles. The summed E-state index contributed by atoms with van der Waals surface area (Å²) >= 11 is 0. The van der Waals surface area contributed by atoms with Crippen molar-refractivity contribution in [1.29, 1.82) is 0 Å². The highest BCUT2D eigenvalue weighted by atomic mass is 16.2. The van der Waals surface area contributed by atoms with Crippen molar-refractivity contribution in [2.24, 2.45) is 5.10 Å². The number of amides is 1. The first-order valence-electron chi connectivity index (χ1n) is 8.91. The number of benzene rings is 3. The first-order chi connectivity index (χ1) is 13.2. The van der Waals surface area contributed by atoms with E-state index in [1.807, 2.05) is 110 Å². The molecule has 134 valence electrons. The summed E-state index contributed by atoms with van der Waals surface area (Å²) in [5.41, 5.74) is 6.41. The molecular weight excluding hydrogens is 332 g/mol. The van der Waals surface area contributed by atoms with Crippen LogP contribution in [0.3, 0.4) is 0 Å². The Labute approximate surface area is 160 Å². The van der Waals surface area contributed by atoms with E-state index in [-0.39, 0.29) is 5.91 Å². The number of hydrazone groups is 1. The third-order valence-electron chi connectivity index (χ3n) is 4.19. The van der Waals surface area contributed by atoms with Crippen molar-refractivity contribution in [3.05, 3.63) is 114 Å². The Hall–Kier alpha value is -3.46. The standard InChI is InChI=1S/C24H22N2O/c1-19(17-18-20-11-5-2-6-12-20)25-26-24(27)23(21-13-7-3-8-14-21)22-15-9-4-10-16-22/h2-18,23H,1H3,(H,26,27)/b18-17+,25-19?. The van der Waals surface area contributed by atoms with Crippen LogP contribution in [0.4, 0.5) is 0 Å². The molecule has 3 aromatic rings. The molecule has 0 aromatic heterocycles. The molecule has 3 heteroatoms. The van der Waals surface area contributed by atoms with Crippen molar-refractivity contribution >= 4 is 17.7 Å². The number of nitrogens with zero attached hydrogens (tertiary/aromatic N) is 1. The molecule has 0 aliphatic rings. The van der Waals surface area contributed by atoms with Crippen molar-refractivity contribution in [2.75, 3.05) is 0 Å². The SMILES string of the molecule is CC(/C=C/c1ccccc1)=NNC(=O)C(c1ccccc1)c1ccccc1. The van der Waals surface area contributed by atoms with Gasteiger partial charge in [-0.2, -0.15) is 5.10 Å². The largest absolute Gasteiger partial charge is 0.272 e. The number of carbonyl (C=O) groups is 1. The summed E-state index contributed by atoms with van der Waals surface area (Å²) in [7, 11) is 0.